The smallest absolute Gasteiger partial charge is 0.248 e. The standard InChI is InChI=1S/C16H21ClN2O2/c1-18-8-13-10-19(7-6-15(13)21-11-16(18)20)9-12-4-2-3-5-14(12)17/h2-5,13,15H,6-11H2,1H3/t13-,15-/m0/s1. The summed E-state index contributed by atoms with van der Waals surface area (Å²) in [7, 11) is 1.86. The van der Waals surface area contributed by atoms with E-state index in [-0.39, 0.29) is 18.6 Å². The number of amides is 1. The van der Waals surface area contributed by atoms with Crippen molar-refractivity contribution >= 4 is 17.5 Å². The third-order valence-corrected chi connectivity index (χ3v) is 4.82. The summed E-state index contributed by atoms with van der Waals surface area (Å²) in [6.07, 6.45) is 1.19. The van der Waals surface area contributed by atoms with Crippen LogP contribution in [0.1, 0.15) is 12.0 Å². The zero-order valence-corrected chi connectivity index (χ0v) is 13.1. The summed E-state index contributed by atoms with van der Waals surface area (Å²) in [5.74, 6) is 0.472. The van der Waals surface area contributed by atoms with Crippen LogP contribution in [-0.4, -0.2) is 55.1 Å². The normalized spacial score (nSPS) is 27.3. The van der Waals surface area contributed by atoms with Gasteiger partial charge < -0.3 is 9.64 Å². The van der Waals surface area contributed by atoms with Gasteiger partial charge in [-0.3, -0.25) is 9.69 Å². The van der Waals surface area contributed by atoms with Crippen LogP contribution in [-0.2, 0) is 16.1 Å². The average molecular weight is 309 g/mol. The van der Waals surface area contributed by atoms with Gasteiger partial charge in [-0.15, -0.1) is 0 Å². The number of hydrogen-bond acceptors (Lipinski definition) is 3. The van der Waals surface area contributed by atoms with Crippen LogP contribution >= 0.6 is 11.6 Å². The number of piperidine rings is 1. The van der Waals surface area contributed by atoms with Crippen LogP contribution in [0.15, 0.2) is 24.3 Å². The highest BCUT2D eigenvalue weighted by molar-refractivity contribution is 6.31. The van der Waals surface area contributed by atoms with Crippen LogP contribution < -0.4 is 0 Å². The fraction of sp³-hybridized carbons (Fsp3) is 0.562. The molecule has 2 fully saturated rings. The second kappa shape index (κ2) is 6.34. The van der Waals surface area contributed by atoms with Gasteiger partial charge in [-0.2, -0.15) is 0 Å². The molecular formula is C16H21ClN2O2. The van der Waals surface area contributed by atoms with Crippen molar-refractivity contribution in [2.75, 3.05) is 33.3 Å². The van der Waals surface area contributed by atoms with E-state index in [9.17, 15) is 4.79 Å². The monoisotopic (exact) mass is 308 g/mol. The number of hydrogen-bond donors (Lipinski definition) is 0. The third-order valence-electron chi connectivity index (χ3n) is 4.46. The summed E-state index contributed by atoms with van der Waals surface area (Å²) >= 11 is 6.25. The van der Waals surface area contributed by atoms with Crippen molar-refractivity contribution in [3.05, 3.63) is 34.9 Å². The summed E-state index contributed by atoms with van der Waals surface area (Å²) in [5, 5.41) is 0.823. The van der Waals surface area contributed by atoms with Crippen molar-refractivity contribution in [3.63, 3.8) is 0 Å². The fourth-order valence-corrected chi connectivity index (χ4v) is 3.43. The molecule has 0 spiro atoms. The van der Waals surface area contributed by atoms with Crippen molar-refractivity contribution in [1.29, 1.82) is 0 Å². The molecule has 2 heterocycles. The van der Waals surface area contributed by atoms with Crippen LogP contribution in [0.4, 0.5) is 0 Å². The van der Waals surface area contributed by atoms with Gasteiger partial charge in [0.2, 0.25) is 5.91 Å². The maximum atomic E-state index is 11.7. The largest absolute Gasteiger partial charge is 0.368 e. The number of nitrogens with zero attached hydrogens (tertiary/aromatic N) is 2. The molecule has 0 aliphatic carbocycles. The summed E-state index contributed by atoms with van der Waals surface area (Å²) in [6, 6.07) is 7.99. The second-order valence-corrected chi connectivity index (χ2v) is 6.41. The molecule has 2 aliphatic rings. The first kappa shape index (κ1) is 14.8. The molecular weight excluding hydrogens is 288 g/mol. The Morgan fingerprint density at radius 1 is 1.33 bits per heavy atom. The molecule has 2 atom stereocenters. The molecule has 3 rings (SSSR count). The number of likely N-dealkylation sites (tertiary alicyclic amines) is 1. The lowest BCUT2D eigenvalue weighted by Gasteiger charge is -2.37. The Bertz CT molecular complexity index is 523. The quantitative estimate of drug-likeness (QED) is 0.838. The minimum atomic E-state index is 0.0852. The van der Waals surface area contributed by atoms with E-state index in [0.29, 0.717) is 5.92 Å². The Hall–Kier alpha value is -1.10. The van der Waals surface area contributed by atoms with Gasteiger partial charge in [-0.05, 0) is 18.1 Å². The molecule has 0 unspecified atom stereocenters. The van der Waals surface area contributed by atoms with Crippen molar-refractivity contribution in [2.45, 2.75) is 19.1 Å². The maximum Gasteiger partial charge on any atom is 0.248 e. The lowest BCUT2D eigenvalue weighted by atomic mass is 9.94. The zero-order valence-electron chi connectivity index (χ0n) is 12.3. The van der Waals surface area contributed by atoms with Gasteiger partial charge in [0.05, 0.1) is 6.10 Å². The molecule has 0 saturated carbocycles. The van der Waals surface area contributed by atoms with Gasteiger partial charge in [0, 0.05) is 44.2 Å². The van der Waals surface area contributed by atoms with Gasteiger partial charge in [-0.25, -0.2) is 0 Å². The Labute approximate surface area is 130 Å². The molecule has 5 heteroatoms. The van der Waals surface area contributed by atoms with E-state index in [4.69, 9.17) is 16.3 Å². The van der Waals surface area contributed by atoms with E-state index in [0.717, 1.165) is 43.2 Å². The second-order valence-electron chi connectivity index (χ2n) is 6.00. The lowest BCUT2D eigenvalue weighted by molar-refractivity contribution is -0.133. The SMILES string of the molecule is CN1C[C@H]2CN(Cc3ccccc3Cl)CC[C@@H]2OCC1=O. The molecule has 0 aromatic heterocycles. The number of carbonyl (C=O) groups excluding carboxylic acids is 1. The highest BCUT2D eigenvalue weighted by Crippen LogP contribution is 2.26. The number of fused-ring (bicyclic) bond motifs is 1. The summed E-state index contributed by atoms with van der Waals surface area (Å²) < 4.78 is 5.77. The van der Waals surface area contributed by atoms with E-state index in [1.165, 1.54) is 0 Å². The molecule has 1 amide bonds. The van der Waals surface area contributed by atoms with E-state index in [1.807, 2.05) is 25.2 Å². The molecule has 2 aliphatic heterocycles. The van der Waals surface area contributed by atoms with Crippen LogP contribution in [0.2, 0.25) is 5.02 Å². The summed E-state index contributed by atoms with van der Waals surface area (Å²) in [5.41, 5.74) is 1.16. The highest BCUT2D eigenvalue weighted by atomic mass is 35.5. The van der Waals surface area contributed by atoms with Crippen LogP contribution in [0, 0.1) is 5.92 Å². The number of halogens is 1. The minimum Gasteiger partial charge on any atom is -0.368 e. The number of benzene rings is 1. The number of rotatable bonds is 2. The Morgan fingerprint density at radius 3 is 2.95 bits per heavy atom. The molecule has 0 radical (unpaired) electrons. The number of likely N-dealkylation sites (N-methyl/N-ethyl adjacent to an activating group) is 1. The van der Waals surface area contributed by atoms with E-state index >= 15 is 0 Å². The van der Waals surface area contributed by atoms with Crippen molar-refractivity contribution < 1.29 is 9.53 Å². The topological polar surface area (TPSA) is 32.8 Å². The van der Waals surface area contributed by atoms with Crippen LogP contribution in [0.5, 0.6) is 0 Å². The fourth-order valence-electron chi connectivity index (χ4n) is 3.23. The predicted molar refractivity (Wildman–Crippen MR) is 82.2 cm³/mol. The van der Waals surface area contributed by atoms with Gasteiger partial charge in [-0.1, -0.05) is 29.8 Å². The van der Waals surface area contributed by atoms with Gasteiger partial charge in [0.1, 0.15) is 6.61 Å². The third kappa shape index (κ3) is 3.39. The summed E-state index contributed by atoms with van der Waals surface area (Å²) in [4.78, 5) is 16.0. The van der Waals surface area contributed by atoms with Gasteiger partial charge in [0.25, 0.3) is 0 Å². The number of carbonyl (C=O) groups is 1. The van der Waals surface area contributed by atoms with E-state index in [2.05, 4.69) is 11.0 Å². The molecule has 0 bridgehead atoms. The Kier molecular flexibility index (Phi) is 4.48. The molecule has 21 heavy (non-hydrogen) atoms. The van der Waals surface area contributed by atoms with Crippen molar-refractivity contribution in [1.82, 2.24) is 9.80 Å². The molecule has 1 aromatic rings. The maximum absolute atomic E-state index is 11.7. The van der Waals surface area contributed by atoms with Crippen LogP contribution in [0.25, 0.3) is 0 Å². The molecule has 2 saturated heterocycles. The van der Waals surface area contributed by atoms with E-state index < -0.39 is 0 Å². The Morgan fingerprint density at radius 2 is 2.14 bits per heavy atom. The zero-order chi connectivity index (χ0) is 14.8. The molecule has 4 nitrogen and oxygen atoms in total. The van der Waals surface area contributed by atoms with Crippen molar-refractivity contribution in [3.8, 4) is 0 Å². The van der Waals surface area contributed by atoms with E-state index in [1.54, 1.807) is 4.90 Å². The van der Waals surface area contributed by atoms with Gasteiger partial charge in [0.15, 0.2) is 0 Å². The summed E-state index contributed by atoms with van der Waals surface area (Å²) in [6.45, 7) is 3.81. The lowest BCUT2D eigenvalue weighted by Crippen LogP contribution is -2.46. The number of ether oxygens (including phenoxy) is 1. The predicted octanol–water partition coefficient (Wildman–Crippen LogP) is 2.02. The molecule has 1 aromatic carbocycles. The van der Waals surface area contributed by atoms with Crippen LogP contribution in [0.3, 0.4) is 0 Å². The molecule has 0 N–H and O–H groups in total. The van der Waals surface area contributed by atoms with Crippen molar-refractivity contribution in [2.24, 2.45) is 5.92 Å². The van der Waals surface area contributed by atoms with Gasteiger partial charge >= 0.3 is 0 Å². The first-order valence-corrected chi connectivity index (χ1v) is 7.82. The Balaban J connectivity index is 1.66. The first-order valence-electron chi connectivity index (χ1n) is 7.45. The highest BCUT2D eigenvalue weighted by Gasteiger charge is 2.34. The average Bonchev–Trinajstić information content (AvgIpc) is 2.61. The molecule has 114 valence electrons. The first-order chi connectivity index (χ1) is 10.1. The minimum absolute atomic E-state index is 0.0852.